The van der Waals surface area contributed by atoms with E-state index < -0.39 is 76.8 Å². The molecule has 32 heteroatoms. The summed E-state index contributed by atoms with van der Waals surface area (Å²) in [5.41, 5.74) is 2.18. The maximum Gasteiger partial charge on any atom is 0.495 e. The van der Waals surface area contributed by atoms with E-state index in [-0.39, 0.29) is 11.5 Å². The summed E-state index contributed by atoms with van der Waals surface area (Å²) in [5.74, 6) is 6.53. The number of halogens is 3. The molecule has 0 atom stereocenters. The summed E-state index contributed by atoms with van der Waals surface area (Å²) >= 11 is 9.92. The number of hydrogen-bond acceptors (Lipinski definition) is 23. The zero-order valence-corrected chi connectivity index (χ0v) is 88.1. The molecule has 0 aliphatic carbocycles. The molecule has 7 aromatic carbocycles. The summed E-state index contributed by atoms with van der Waals surface area (Å²) in [6.07, 6.45) is 6.93. The van der Waals surface area contributed by atoms with E-state index in [2.05, 4.69) is 101 Å². The number of nitrogens with one attached hydrogen (secondary N) is 5. The third-order valence-corrected chi connectivity index (χ3v) is 19.6. The highest BCUT2D eigenvalue weighted by Crippen LogP contribution is 2.39. The Balaban J connectivity index is 0.000000413. The van der Waals surface area contributed by atoms with Gasteiger partial charge in [-0.1, -0.05) is 106 Å². The summed E-state index contributed by atoms with van der Waals surface area (Å²) in [6, 6.07) is 41.5. The summed E-state index contributed by atoms with van der Waals surface area (Å²) in [5, 5.41) is 31.4. The number of ether oxygens (including phenoxy) is 14. The van der Waals surface area contributed by atoms with Crippen molar-refractivity contribution in [2.45, 2.75) is 269 Å². The minimum absolute atomic E-state index is 0.0573. The van der Waals surface area contributed by atoms with Crippen LogP contribution in [0.25, 0.3) is 22.3 Å². The second-order valence-corrected chi connectivity index (χ2v) is 40.3. The Morgan fingerprint density at radius 2 is 0.575 bits per heavy atom. The van der Waals surface area contributed by atoms with Crippen molar-refractivity contribution in [3.05, 3.63) is 152 Å². The number of phenolic OH excluding ortho intramolecular Hbond substituents is 2. The van der Waals surface area contributed by atoms with Crippen LogP contribution in [0.15, 0.2) is 147 Å². The van der Waals surface area contributed by atoms with Crippen LogP contribution in [0.3, 0.4) is 0 Å². The van der Waals surface area contributed by atoms with Crippen molar-refractivity contribution in [3.63, 3.8) is 0 Å². The molecule has 0 radical (unpaired) electrons. The van der Waals surface area contributed by atoms with Crippen LogP contribution < -0.4 is 74.7 Å². The van der Waals surface area contributed by atoms with E-state index in [4.69, 9.17) is 85.8 Å². The number of benzene rings is 7. The van der Waals surface area contributed by atoms with Gasteiger partial charge in [0.05, 0.1) is 71.2 Å². The fraction of sp³-hybridized carbons (Fsp3) is 0.539. The first kappa shape index (κ1) is 116. The van der Waals surface area contributed by atoms with Gasteiger partial charge < -0.3 is 112 Å². The highest BCUT2D eigenvalue weighted by molar-refractivity contribution is 9.11. The number of aromatic hydroxyl groups is 2. The van der Waals surface area contributed by atoms with Gasteiger partial charge in [-0.15, -0.1) is 0 Å². The smallest absolute Gasteiger partial charge is 0.495 e. The van der Waals surface area contributed by atoms with Crippen LogP contribution in [-0.2, 0) is 33.0 Å². The topological polar surface area (TPSA) is 334 Å². The summed E-state index contributed by atoms with van der Waals surface area (Å²) in [7, 11) is 1.17. The lowest BCUT2D eigenvalue weighted by atomic mass is 9.79. The Labute approximate surface area is 821 Å². The van der Waals surface area contributed by atoms with Gasteiger partial charge in [-0.3, -0.25) is 0 Å². The number of rotatable bonds is 41. The number of phenols is 2. The number of amides is 5. The molecule has 8 rings (SSSR count). The number of alkyl carbamates (subject to hydrolysis) is 5. The molecule has 0 aromatic heterocycles. The summed E-state index contributed by atoms with van der Waals surface area (Å²) < 4.78 is 94.4. The Hall–Kier alpha value is -9.89. The quantitative estimate of drug-likeness (QED) is 0.0106. The van der Waals surface area contributed by atoms with Crippen molar-refractivity contribution < 1.29 is 110 Å². The van der Waals surface area contributed by atoms with Gasteiger partial charge in [0, 0.05) is 76.5 Å². The maximum absolute atomic E-state index is 12.1. The number of carbonyl (C=O) groups excluding carboxylic acids is 5. The number of unbranched alkanes of at least 4 members (excludes halogenated alkanes) is 3. The first-order valence-corrected chi connectivity index (χ1v) is 48.3. The molecule has 7 aromatic rings. The molecule has 1 heterocycles. The summed E-state index contributed by atoms with van der Waals surface area (Å²) in [4.78, 5) is 59.5. The van der Waals surface area contributed by atoms with Crippen LogP contribution in [0.4, 0.5) is 24.0 Å². The van der Waals surface area contributed by atoms with Crippen LogP contribution in [-0.4, -0.2) is 180 Å². The van der Waals surface area contributed by atoms with Gasteiger partial charge in [0.2, 0.25) is 0 Å². The molecule has 0 saturated carbocycles. The van der Waals surface area contributed by atoms with Crippen molar-refractivity contribution in [1.82, 2.24) is 26.6 Å². The second-order valence-electron chi connectivity index (χ2n) is 37.5. The predicted octanol–water partition coefficient (Wildman–Crippen LogP) is 24.1. The highest BCUT2D eigenvalue weighted by Gasteiger charge is 2.52. The molecule has 0 unspecified atom stereocenters. The van der Waals surface area contributed by atoms with Gasteiger partial charge >= 0.3 is 37.6 Å². The molecule has 744 valence electrons. The lowest BCUT2D eigenvalue weighted by Crippen LogP contribution is -2.41. The fourth-order valence-corrected chi connectivity index (χ4v) is 13.0. The summed E-state index contributed by atoms with van der Waals surface area (Å²) in [6.45, 7) is 50.1. The Bertz CT molecular complexity index is 4550. The minimum atomic E-state index is -0.578. The van der Waals surface area contributed by atoms with Crippen LogP contribution in [0.5, 0.6) is 63.2 Å². The van der Waals surface area contributed by atoms with Gasteiger partial charge in [-0.2, -0.15) is 0 Å². The van der Waals surface area contributed by atoms with Gasteiger partial charge in [0.25, 0.3) is 0 Å². The SMILES string of the molecule is CCCCOc1cc(Br)cc(OCCCNC(=O)OC(C)(C)C)c1.CCCCOc1cc(OCCCNC(=O)OC(C)(C)C)cc(-c2cccc(-c3cc(OCCCNC(=O)OC(C)(C)C)cc(OCCCNC(=O)OC(C)(C)C)c3)c2)c1.CCCCOc1cc(OCCCNC(=O)OC(C)(C)C)cc(B2OC(C)(C)C(C)(C)O2)c1.COc1cc(C)cc(Br)c1.Oc1cc(O)cc(Br)c1. The van der Waals surface area contributed by atoms with Crippen LogP contribution >= 0.6 is 47.8 Å². The molecule has 7 N–H and O–H groups in total. The molecule has 1 saturated heterocycles. The normalized spacial score (nSPS) is 12.5. The van der Waals surface area contributed by atoms with Crippen molar-refractivity contribution in [2.75, 3.05) is 92.7 Å². The molecule has 1 aliphatic heterocycles. The highest BCUT2D eigenvalue weighted by atomic mass is 79.9. The number of aryl methyl sites for hydroxylation is 1. The standard InChI is InChI=1S/C46H67N3O10.C24H40BNO6.C18H28BrNO4.C8H9BrO.C6H5BrO2/c1-11-12-22-53-37-27-35(28-38(31-37)54-23-14-19-47-41(50)57-44(2,3)4)33-17-13-18-34(26-33)36-29-39(55-24-15-20-48-42(51)58-45(5,6)7)32-40(30-36)56-25-16-21-49-43(52)59-46(8,9)10;1-9-10-13-28-19-15-18(25-31-23(5,6)24(7,8)32-25)16-20(17-19)29-14-11-12-26-21(27)30-22(2,3)4;1-5-6-9-22-15-11-14(19)12-16(13-15)23-10-7-8-20-17(21)24-18(2,3)4;1-6-3-7(9)5-8(4-6)10-2;7-4-1-5(8)3-6(9)2-4/h13,17-18,26-32H,11-12,14-16,19-25H2,1-10H3,(H,47,50)(H,48,51)(H,49,52);15-17H,9-14H2,1-8H3,(H,26,27);11-13H,5-10H2,1-4H3,(H,20,21);3-5H,1-2H3;1-3,8-9H. The fourth-order valence-electron chi connectivity index (χ4n) is 11.5. The molecule has 1 aliphatic rings. The van der Waals surface area contributed by atoms with E-state index in [1.807, 2.05) is 248 Å². The van der Waals surface area contributed by atoms with Gasteiger partial charge in [0.15, 0.2) is 0 Å². The van der Waals surface area contributed by atoms with Crippen LogP contribution in [0, 0.1) is 6.92 Å². The van der Waals surface area contributed by atoms with Crippen molar-refractivity contribution in [3.8, 4) is 85.5 Å². The first-order chi connectivity index (χ1) is 62.8. The zero-order valence-electron chi connectivity index (χ0n) is 83.4. The first-order valence-electron chi connectivity index (χ1n) is 45.9. The molecule has 1 fully saturated rings. The molecule has 28 nitrogen and oxygen atoms in total. The number of carbonyl (C=O) groups is 5. The largest absolute Gasteiger partial charge is 0.508 e. The Morgan fingerprint density at radius 1 is 0.328 bits per heavy atom. The van der Waals surface area contributed by atoms with Crippen molar-refractivity contribution >= 4 is 90.8 Å². The monoisotopic (exact) mass is 2060 g/mol. The van der Waals surface area contributed by atoms with Gasteiger partial charge in [-0.25, -0.2) is 24.0 Å². The molecule has 0 spiro atoms. The van der Waals surface area contributed by atoms with Gasteiger partial charge in [-0.05, 0) is 308 Å². The molecule has 5 amide bonds. The van der Waals surface area contributed by atoms with E-state index in [1.165, 1.54) is 23.8 Å². The lowest BCUT2D eigenvalue weighted by Gasteiger charge is -2.32. The van der Waals surface area contributed by atoms with E-state index in [0.717, 1.165) is 98.2 Å². The Kier molecular flexibility index (Phi) is 50.8. The van der Waals surface area contributed by atoms with E-state index in [1.54, 1.807) is 7.11 Å². The average molecular weight is 2060 g/mol. The zero-order chi connectivity index (χ0) is 99.9. The third kappa shape index (κ3) is 52.3. The number of hydrogen-bond donors (Lipinski definition) is 7. The molecular weight excluding hydrogens is 1910 g/mol. The van der Waals surface area contributed by atoms with Crippen molar-refractivity contribution in [1.29, 1.82) is 0 Å². The predicted molar refractivity (Wildman–Crippen MR) is 539 cm³/mol. The number of methoxy groups -OCH3 is 1. The maximum atomic E-state index is 12.1. The Morgan fingerprint density at radius 3 is 0.828 bits per heavy atom. The second kappa shape index (κ2) is 58.5. The van der Waals surface area contributed by atoms with Crippen LogP contribution in [0.2, 0.25) is 0 Å². The van der Waals surface area contributed by atoms with Crippen molar-refractivity contribution in [2.24, 2.45) is 0 Å². The minimum Gasteiger partial charge on any atom is -0.508 e. The lowest BCUT2D eigenvalue weighted by molar-refractivity contribution is 0.00578. The molecular formula is C102H149BBr3N5O23. The average Bonchev–Trinajstić information content (AvgIpc) is 1.61. The third-order valence-electron chi connectivity index (χ3n) is 18.3. The van der Waals surface area contributed by atoms with E-state index >= 15 is 0 Å². The van der Waals surface area contributed by atoms with E-state index in [9.17, 15) is 24.0 Å². The van der Waals surface area contributed by atoms with E-state index in [0.29, 0.717) is 151 Å². The molecule has 134 heavy (non-hydrogen) atoms. The van der Waals surface area contributed by atoms with Gasteiger partial charge in [0.1, 0.15) is 91.2 Å². The molecule has 0 bridgehead atoms. The van der Waals surface area contributed by atoms with Crippen LogP contribution in [0.1, 0.15) is 229 Å².